The molecule has 2 aromatic rings. The van der Waals surface area contributed by atoms with E-state index in [-0.39, 0.29) is 23.0 Å². The standard InChI is InChI=1S/C16H17F2N5O3S/c17-11-6-12(18)15(27(19,25)26)5-10(11)13-7-22-14(8-21-13)16(24)23-9-1-3-20-4-2-9/h5-9,20H,1-4H2,(H,23,24)(H2,19,25,26). The summed E-state index contributed by atoms with van der Waals surface area (Å²) in [7, 11) is -4.38. The number of nitrogens with two attached hydrogens (primary N) is 1. The molecular formula is C16H17F2N5O3S. The quantitative estimate of drug-likeness (QED) is 0.692. The molecular weight excluding hydrogens is 380 g/mol. The van der Waals surface area contributed by atoms with Crippen LogP contribution in [0.15, 0.2) is 29.4 Å². The van der Waals surface area contributed by atoms with Gasteiger partial charge in [-0.2, -0.15) is 0 Å². The van der Waals surface area contributed by atoms with Crippen molar-refractivity contribution in [2.75, 3.05) is 13.1 Å². The van der Waals surface area contributed by atoms with Crippen LogP contribution in [0.25, 0.3) is 11.3 Å². The molecule has 0 unspecified atom stereocenters. The van der Waals surface area contributed by atoms with Crippen LogP contribution in [-0.4, -0.2) is 43.4 Å². The number of carbonyl (C=O) groups is 1. The maximum atomic E-state index is 14.0. The van der Waals surface area contributed by atoms with Gasteiger partial charge in [-0.25, -0.2) is 27.3 Å². The van der Waals surface area contributed by atoms with Crippen molar-refractivity contribution in [1.29, 1.82) is 0 Å². The smallest absolute Gasteiger partial charge is 0.271 e. The predicted molar refractivity (Wildman–Crippen MR) is 92.1 cm³/mol. The molecule has 2 heterocycles. The average molecular weight is 397 g/mol. The lowest BCUT2D eigenvalue weighted by Crippen LogP contribution is -2.42. The molecule has 0 aliphatic carbocycles. The fourth-order valence-corrected chi connectivity index (χ4v) is 3.37. The van der Waals surface area contributed by atoms with Gasteiger partial charge in [-0.1, -0.05) is 0 Å². The Hall–Kier alpha value is -2.50. The molecule has 1 aromatic heterocycles. The van der Waals surface area contributed by atoms with E-state index >= 15 is 0 Å². The van der Waals surface area contributed by atoms with Crippen molar-refractivity contribution in [1.82, 2.24) is 20.6 Å². The second-order valence-corrected chi connectivity index (χ2v) is 7.62. The molecule has 3 rings (SSSR count). The van der Waals surface area contributed by atoms with Crippen molar-refractivity contribution >= 4 is 15.9 Å². The van der Waals surface area contributed by atoms with E-state index in [2.05, 4.69) is 20.6 Å². The minimum absolute atomic E-state index is 0.0338. The van der Waals surface area contributed by atoms with Gasteiger partial charge >= 0.3 is 0 Å². The Morgan fingerprint density at radius 2 is 1.85 bits per heavy atom. The first-order valence-electron chi connectivity index (χ1n) is 8.11. The number of piperidine rings is 1. The summed E-state index contributed by atoms with van der Waals surface area (Å²) < 4.78 is 50.5. The van der Waals surface area contributed by atoms with Crippen LogP contribution in [0.3, 0.4) is 0 Å². The summed E-state index contributed by atoms with van der Waals surface area (Å²) in [6.07, 6.45) is 3.86. The zero-order chi connectivity index (χ0) is 19.6. The van der Waals surface area contributed by atoms with E-state index < -0.39 is 32.5 Å². The number of benzene rings is 1. The monoisotopic (exact) mass is 397 g/mol. The van der Waals surface area contributed by atoms with E-state index in [0.29, 0.717) is 6.07 Å². The molecule has 1 amide bonds. The van der Waals surface area contributed by atoms with Crippen molar-refractivity contribution in [3.05, 3.63) is 41.9 Å². The van der Waals surface area contributed by atoms with Crippen molar-refractivity contribution in [2.24, 2.45) is 5.14 Å². The first kappa shape index (κ1) is 19.3. The molecule has 1 aliphatic heterocycles. The lowest BCUT2D eigenvalue weighted by molar-refractivity contribution is 0.0924. The molecule has 1 fully saturated rings. The fourth-order valence-electron chi connectivity index (χ4n) is 2.75. The molecule has 4 N–H and O–H groups in total. The fraction of sp³-hybridized carbons (Fsp3) is 0.312. The Labute approximate surface area is 154 Å². The van der Waals surface area contributed by atoms with E-state index in [1.54, 1.807) is 0 Å². The van der Waals surface area contributed by atoms with E-state index in [9.17, 15) is 22.0 Å². The molecule has 1 saturated heterocycles. The summed E-state index contributed by atoms with van der Waals surface area (Å²) in [6, 6.07) is 1.19. The van der Waals surface area contributed by atoms with E-state index in [1.807, 2.05) is 0 Å². The van der Waals surface area contributed by atoms with Gasteiger partial charge < -0.3 is 10.6 Å². The summed E-state index contributed by atoms with van der Waals surface area (Å²) in [5.41, 5.74) is -0.319. The highest BCUT2D eigenvalue weighted by atomic mass is 32.2. The second-order valence-electron chi connectivity index (χ2n) is 6.09. The lowest BCUT2D eigenvalue weighted by Gasteiger charge is -2.23. The van der Waals surface area contributed by atoms with Gasteiger partial charge in [-0.15, -0.1) is 0 Å². The number of sulfonamides is 1. The van der Waals surface area contributed by atoms with E-state index in [4.69, 9.17) is 5.14 Å². The minimum atomic E-state index is -4.38. The molecule has 1 aromatic carbocycles. The SMILES string of the molecule is NS(=O)(=O)c1cc(-c2cnc(C(=O)NC3CCNCC3)cn2)c(F)cc1F. The van der Waals surface area contributed by atoms with Crippen molar-refractivity contribution in [3.63, 3.8) is 0 Å². The van der Waals surface area contributed by atoms with Crippen LogP contribution < -0.4 is 15.8 Å². The lowest BCUT2D eigenvalue weighted by atomic mass is 10.1. The number of rotatable bonds is 4. The Morgan fingerprint density at radius 3 is 2.44 bits per heavy atom. The first-order valence-corrected chi connectivity index (χ1v) is 9.66. The highest BCUT2D eigenvalue weighted by molar-refractivity contribution is 7.89. The third-order valence-corrected chi connectivity index (χ3v) is 5.09. The molecule has 0 spiro atoms. The van der Waals surface area contributed by atoms with Gasteiger partial charge in [0.2, 0.25) is 10.0 Å². The molecule has 11 heteroatoms. The predicted octanol–water partition coefficient (Wildman–Crippen LogP) is 0.551. The highest BCUT2D eigenvalue weighted by Gasteiger charge is 2.21. The number of amides is 1. The Bertz CT molecular complexity index is 961. The normalized spacial score (nSPS) is 15.5. The number of nitrogens with zero attached hydrogens (tertiary/aromatic N) is 2. The Kier molecular flexibility index (Phi) is 5.44. The van der Waals surface area contributed by atoms with Gasteiger partial charge in [-0.3, -0.25) is 9.78 Å². The largest absolute Gasteiger partial charge is 0.348 e. The third kappa shape index (κ3) is 4.43. The van der Waals surface area contributed by atoms with Crippen LogP contribution >= 0.6 is 0 Å². The molecule has 144 valence electrons. The summed E-state index contributed by atoms with van der Waals surface area (Å²) >= 11 is 0. The zero-order valence-corrected chi connectivity index (χ0v) is 14.9. The van der Waals surface area contributed by atoms with Gasteiger partial charge in [-0.05, 0) is 32.0 Å². The number of aromatic nitrogens is 2. The molecule has 0 bridgehead atoms. The number of halogens is 2. The first-order chi connectivity index (χ1) is 12.8. The third-order valence-electron chi connectivity index (χ3n) is 4.16. The topological polar surface area (TPSA) is 127 Å². The maximum Gasteiger partial charge on any atom is 0.271 e. The van der Waals surface area contributed by atoms with Crippen molar-refractivity contribution in [3.8, 4) is 11.3 Å². The maximum absolute atomic E-state index is 14.0. The zero-order valence-electron chi connectivity index (χ0n) is 14.1. The molecule has 0 radical (unpaired) electrons. The summed E-state index contributed by atoms with van der Waals surface area (Å²) in [4.78, 5) is 19.2. The minimum Gasteiger partial charge on any atom is -0.348 e. The van der Waals surface area contributed by atoms with Gasteiger partial charge in [0, 0.05) is 17.7 Å². The summed E-state index contributed by atoms with van der Waals surface area (Å²) in [6.45, 7) is 1.62. The molecule has 0 saturated carbocycles. The molecule has 27 heavy (non-hydrogen) atoms. The highest BCUT2D eigenvalue weighted by Crippen LogP contribution is 2.25. The van der Waals surface area contributed by atoms with Crippen LogP contribution in [0.2, 0.25) is 0 Å². The molecule has 0 atom stereocenters. The Morgan fingerprint density at radius 1 is 1.15 bits per heavy atom. The second kappa shape index (κ2) is 7.62. The number of hydrogen-bond acceptors (Lipinski definition) is 6. The van der Waals surface area contributed by atoms with Crippen LogP contribution in [0.4, 0.5) is 8.78 Å². The molecule has 1 aliphatic rings. The van der Waals surface area contributed by atoms with Crippen LogP contribution in [0, 0.1) is 11.6 Å². The van der Waals surface area contributed by atoms with Crippen LogP contribution in [-0.2, 0) is 10.0 Å². The van der Waals surface area contributed by atoms with Crippen LogP contribution in [0.5, 0.6) is 0 Å². The summed E-state index contributed by atoms with van der Waals surface area (Å²) in [5, 5.41) is 10.9. The summed E-state index contributed by atoms with van der Waals surface area (Å²) in [5.74, 6) is -2.74. The van der Waals surface area contributed by atoms with E-state index in [0.717, 1.165) is 44.4 Å². The number of primary sulfonamides is 1. The van der Waals surface area contributed by atoms with Gasteiger partial charge in [0.1, 0.15) is 22.2 Å². The molecule has 8 nitrogen and oxygen atoms in total. The number of hydrogen-bond donors (Lipinski definition) is 3. The van der Waals surface area contributed by atoms with Crippen molar-refractivity contribution < 1.29 is 22.0 Å². The van der Waals surface area contributed by atoms with Gasteiger partial charge in [0.15, 0.2) is 0 Å². The van der Waals surface area contributed by atoms with Crippen molar-refractivity contribution in [2.45, 2.75) is 23.8 Å². The number of carbonyl (C=O) groups excluding carboxylic acids is 1. The van der Waals surface area contributed by atoms with Crippen LogP contribution in [0.1, 0.15) is 23.3 Å². The number of nitrogens with one attached hydrogen (secondary N) is 2. The van der Waals surface area contributed by atoms with Gasteiger partial charge in [0.25, 0.3) is 5.91 Å². The van der Waals surface area contributed by atoms with Gasteiger partial charge in [0.05, 0.1) is 18.1 Å². The Balaban J connectivity index is 1.84. The average Bonchev–Trinajstić information content (AvgIpc) is 2.62. The van der Waals surface area contributed by atoms with E-state index in [1.165, 1.54) is 0 Å².